The van der Waals surface area contributed by atoms with Gasteiger partial charge in [-0.3, -0.25) is 0 Å². The second-order valence-corrected chi connectivity index (χ2v) is 4.91. The van der Waals surface area contributed by atoms with Gasteiger partial charge in [-0.1, -0.05) is 11.6 Å². The molecule has 3 rings (SSSR count). The molecule has 0 fully saturated rings. The molecular formula is C16H14FN3. The molecule has 2 N–H and O–H groups in total. The maximum atomic E-state index is 13.0. The summed E-state index contributed by atoms with van der Waals surface area (Å²) in [7, 11) is 0. The van der Waals surface area contributed by atoms with Gasteiger partial charge in [-0.25, -0.2) is 9.97 Å². The fourth-order valence-corrected chi connectivity index (χ4v) is 2.31. The molecular weight excluding hydrogens is 253 g/mol. The number of hydrogen-bond donors (Lipinski definition) is 1. The first-order valence-electron chi connectivity index (χ1n) is 6.35. The molecule has 0 saturated heterocycles. The van der Waals surface area contributed by atoms with Crippen molar-refractivity contribution in [3.63, 3.8) is 0 Å². The SMILES string of the molecule is Cc1ccc2nc(-c3ccc(F)nc3N)cc(C)c2c1. The molecule has 0 spiro atoms. The van der Waals surface area contributed by atoms with Crippen LogP contribution in [0.15, 0.2) is 36.4 Å². The molecule has 2 aromatic heterocycles. The third-order valence-corrected chi connectivity index (χ3v) is 3.34. The third kappa shape index (κ3) is 2.09. The molecule has 0 aliphatic rings. The van der Waals surface area contributed by atoms with Gasteiger partial charge >= 0.3 is 0 Å². The Hall–Kier alpha value is -2.49. The highest BCUT2D eigenvalue weighted by Gasteiger charge is 2.09. The van der Waals surface area contributed by atoms with E-state index in [2.05, 4.69) is 23.0 Å². The highest BCUT2D eigenvalue weighted by atomic mass is 19.1. The number of rotatable bonds is 1. The van der Waals surface area contributed by atoms with Gasteiger partial charge in [0.1, 0.15) is 5.82 Å². The van der Waals surface area contributed by atoms with Gasteiger partial charge in [0.15, 0.2) is 0 Å². The highest BCUT2D eigenvalue weighted by Crippen LogP contribution is 2.27. The summed E-state index contributed by atoms with van der Waals surface area (Å²) in [6, 6.07) is 11.0. The lowest BCUT2D eigenvalue weighted by atomic mass is 10.0. The maximum absolute atomic E-state index is 13.0. The van der Waals surface area contributed by atoms with Crippen molar-refractivity contribution >= 4 is 16.7 Å². The van der Waals surface area contributed by atoms with E-state index in [1.54, 1.807) is 6.07 Å². The van der Waals surface area contributed by atoms with Crippen molar-refractivity contribution < 1.29 is 4.39 Å². The van der Waals surface area contributed by atoms with Gasteiger partial charge in [0.05, 0.1) is 11.2 Å². The van der Waals surface area contributed by atoms with E-state index in [-0.39, 0.29) is 5.82 Å². The summed E-state index contributed by atoms with van der Waals surface area (Å²) < 4.78 is 13.0. The molecule has 0 atom stereocenters. The first-order valence-corrected chi connectivity index (χ1v) is 6.35. The maximum Gasteiger partial charge on any atom is 0.214 e. The molecule has 3 nitrogen and oxygen atoms in total. The summed E-state index contributed by atoms with van der Waals surface area (Å²) in [5, 5.41) is 1.11. The van der Waals surface area contributed by atoms with Crippen molar-refractivity contribution in [2.75, 3.05) is 5.73 Å². The van der Waals surface area contributed by atoms with Crippen molar-refractivity contribution in [1.29, 1.82) is 0 Å². The van der Waals surface area contributed by atoms with Gasteiger partial charge in [-0.15, -0.1) is 0 Å². The molecule has 0 bridgehead atoms. The van der Waals surface area contributed by atoms with Gasteiger partial charge in [0.25, 0.3) is 0 Å². The number of nitrogens with two attached hydrogens (primary N) is 1. The minimum Gasteiger partial charge on any atom is -0.383 e. The minimum absolute atomic E-state index is 0.156. The topological polar surface area (TPSA) is 51.8 Å². The number of nitrogen functional groups attached to an aromatic ring is 1. The summed E-state index contributed by atoms with van der Waals surface area (Å²) in [4.78, 5) is 8.24. The van der Waals surface area contributed by atoms with E-state index < -0.39 is 5.95 Å². The lowest BCUT2D eigenvalue weighted by Gasteiger charge is -2.09. The number of nitrogens with zero attached hydrogens (tertiary/aromatic N) is 2. The van der Waals surface area contributed by atoms with E-state index >= 15 is 0 Å². The van der Waals surface area contributed by atoms with Crippen molar-refractivity contribution in [2.45, 2.75) is 13.8 Å². The summed E-state index contributed by atoms with van der Waals surface area (Å²) in [5.41, 5.74) is 10.3. The van der Waals surface area contributed by atoms with Crippen LogP contribution in [0.25, 0.3) is 22.2 Å². The summed E-state index contributed by atoms with van der Waals surface area (Å²) in [5.74, 6) is -0.428. The van der Waals surface area contributed by atoms with Crippen molar-refractivity contribution in [3.8, 4) is 11.3 Å². The average Bonchev–Trinajstić information content (AvgIpc) is 2.39. The van der Waals surface area contributed by atoms with Crippen molar-refractivity contribution in [3.05, 3.63) is 53.5 Å². The van der Waals surface area contributed by atoms with Gasteiger partial charge in [-0.2, -0.15) is 4.39 Å². The number of anilines is 1. The fourth-order valence-electron chi connectivity index (χ4n) is 2.31. The van der Waals surface area contributed by atoms with E-state index in [0.29, 0.717) is 11.3 Å². The summed E-state index contributed by atoms with van der Waals surface area (Å²) >= 11 is 0. The van der Waals surface area contributed by atoms with E-state index in [1.165, 1.54) is 11.6 Å². The Balaban J connectivity index is 2.24. The second kappa shape index (κ2) is 4.56. The molecule has 4 heteroatoms. The molecule has 0 saturated carbocycles. The van der Waals surface area contributed by atoms with Crippen LogP contribution in [0.5, 0.6) is 0 Å². The minimum atomic E-state index is -0.584. The summed E-state index contributed by atoms with van der Waals surface area (Å²) in [6.45, 7) is 4.08. The largest absolute Gasteiger partial charge is 0.383 e. The molecule has 2 heterocycles. The lowest BCUT2D eigenvalue weighted by molar-refractivity contribution is 0.586. The zero-order valence-corrected chi connectivity index (χ0v) is 11.3. The van der Waals surface area contributed by atoms with Crippen LogP contribution < -0.4 is 5.73 Å². The van der Waals surface area contributed by atoms with Crippen LogP contribution in [0.1, 0.15) is 11.1 Å². The smallest absolute Gasteiger partial charge is 0.214 e. The molecule has 0 radical (unpaired) electrons. The fraction of sp³-hybridized carbons (Fsp3) is 0.125. The first kappa shape index (κ1) is 12.5. The van der Waals surface area contributed by atoms with Crippen molar-refractivity contribution in [1.82, 2.24) is 9.97 Å². The van der Waals surface area contributed by atoms with Crippen LogP contribution in [-0.4, -0.2) is 9.97 Å². The van der Waals surface area contributed by atoms with Crippen LogP contribution >= 0.6 is 0 Å². The Morgan fingerprint density at radius 3 is 2.55 bits per heavy atom. The standard InChI is InChI=1S/C16H14FN3/c1-9-3-5-13-12(7-9)10(2)8-14(19-13)11-4-6-15(17)20-16(11)18/h3-8H,1-2H3,(H2,18,20). The van der Waals surface area contributed by atoms with Gasteiger partial charge in [-0.05, 0) is 49.7 Å². The molecule has 100 valence electrons. The predicted octanol–water partition coefficient (Wildman–Crippen LogP) is 3.63. The molecule has 20 heavy (non-hydrogen) atoms. The number of halogens is 1. The number of aryl methyl sites for hydroxylation is 2. The second-order valence-electron chi connectivity index (χ2n) is 4.91. The molecule has 0 amide bonds. The monoisotopic (exact) mass is 267 g/mol. The number of fused-ring (bicyclic) bond motifs is 1. The van der Waals surface area contributed by atoms with Crippen LogP contribution in [0.2, 0.25) is 0 Å². The number of pyridine rings is 2. The van der Waals surface area contributed by atoms with Gasteiger partial charge in [0, 0.05) is 10.9 Å². The summed E-state index contributed by atoms with van der Waals surface area (Å²) in [6.07, 6.45) is 0. The van der Waals surface area contributed by atoms with E-state index in [1.807, 2.05) is 25.1 Å². The van der Waals surface area contributed by atoms with Crippen molar-refractivity contribution in [2.24, 2.45) is 0 Å². The molecule has 0 aliphatic carbocycles. The Labute approximate surface area is 116 Å². The predicted molar refractivity (Wildman–Crippen MR) is 78.8 cm³/mol. The first-order chi connectivity index (χ1) is 9.54. The molecule has 1 aromatic carbocycles. The lowest BCUT2D eigenvalue weighted by Crippen LogP contribution is -1.98. The third-order valence-electron chi connectivity index (χ3n) is 3.34. The van der Waals surface area contributed by atoms with Gasteiger partial charge in [0.2, 0.25) is 5.95 Å². The quantitative estimate of drug-likeness (QED) is 0.685. The zero-order chi connectivity index (χ0) is 14.3. The van der Waals surface area contributed by atoms with E-state index in [4.69, 9.17) is 5.73 Å². The Morgan fingerprint density at radius 2 is 1.80 bits per heavy atom. The Bertz CT molecular complexity index is 812. The normalized spacial score (nSPS) is 10.9. The number of aromatic nitrogens is 2. The molecule has 0 aliphatic heterocycles. The number of benzene rings is 1. The van der Waals surface area contributed by atoms with Crippen LogP contribution in [0.4, 0.5) is 10.2 Å². The Morgan fingerprint density at radius 1 is 1.00 bits per heavy atom. The number of hydrogen-bond acceptors (Lipinski definition) is 3. The molecule has 3 aromatic rings. The van der Waals surface area contributed by atoms with E-state index in [9.17, 15) is 4.39 Å². The van der Waals surface area contributed by atoms with E-state index in [0.717, 1.165) is 16.5 Å². The van der Waals surface area contributed by atoms with Crippen LogP contribution in [0, 0.1) is 19.8 Å². The van der Waals surface area contributed by atoms with Crippen LogP contribution in [-0.2, 0) is 0 Å². The average molecular weight is 267 g/mol. The Kier molecular flexibility index (Phi) is 2.86. The molecule has 0 unspecified atom stereocenters. The zero-order valence-electron chi connectivity index (χ0n) is 11.3. The van der Waals surface area contributed by atoms with Crippen LogP contribution in [0.3, 0.4) is 0 Å². The van der Waals surface area contributed by atoms with Gasteiger partial charge < -0.3 is 5.73 Å². The highest BCUT2D eigenvalue weighted by molar-refractivity contribution is 5.86.